The third kappa shape index (κ3) is 8.16. The molecule has 1 N–H and O–H groups in total. The largest absolute Gasteiger partial charge is 0.480 e. The normalized spacial score (nSPS) is 13.3. The van der Waals surface area contributed by atoms with Crippen LogP contribution in [0.4, 0.5) is 4.79 Å². The van der Waals surface area contributed by atoms with E-state index in [-0.39, 0.29) is 0 Å². The van der Waals surface area contributed by atoms with Crippen molar-refractivity contribution < 1.29 is 29.0 Å². The van der Waals surface area contributed by atoms with E-state index in [1.54, 1.807) is 41.5 Å². The molecule has 1 amide bonds. The molecule has 122 valence electrons. The van der Waals surface area contributed by atoms with Crippen LogP contribution in [0, 0.1) is 0 Å². The Morgan fingerprint density at radius 2 is 1.43 bits per heavy atom. The van der Waals surface area contributed by atoms with Crippen molar-refractivity contribution in [2.45, 2.75) is 65.2 Å². The van der Waals surface area contributed by atoms with Crippen LogP contribution in [0.5, 0.6) is 0 Å². The third-order valence-electron chi connectivity index (χ3n) is 2.21. The van der Waals surface area contributed by atoms with Crippen LogP contribution in [0.3, 0.4) is 0 Å². The summed E-state index contributed by atoms with van der Waals surface area (Å²) in [6.07, 6.45) is -1.25. The van der Waals surface area contributed by atoms with Crippen molar-refractivity contribution in [1.82, 2.24) is 4.90 Å². The first-order valence-corrected chi connectivity index (χ1v) is 6.63. The Morgan fingerprint density at radius 3 is 1.76 bits per heavy atom. The highest BCUT2D eigenvalue weighted by atomic mass is 16.6. The minimum Gasteiger partial charge on any atom is -0.480 e. The van der Waals surface area contributed by atoms with Gasteiger partial charge in [0.1, 0.15) is 17.2 Å². The number of carbonyl (C=O) groups is 3. The maximum Gasteiger partial charge on any atom is 0.410 e. The van der Waals surface area contributed by atoms with E-state index in [0.29, 0.717) is 0 Å². The van der Waals surface area contributed by atoms with Crippen LogP contribution in [-0.4, -0.2) is 52.3 Å². The van der Waals surface area contributed by atoms with Crippen molar-refractivity contribution in [3.05, 3.63) is 0 Å². The van der Waals surface area contributed by atoms with Crippen LogP contribution in [-0.2, 0) is 19.1 Å². The molecule has 21 heavy (non-hydrogen) atoms. The van der Waals surface area contributed by atoms with Crippen LogP contribution in [0.2, 0.25) is 0 Å². The molecule has 0 radical (unpaired) electrons. The van der Waals surface area contributed by atoms with E-state index >= 15 is 0 Å². The number of hydrogen-bond acceptors (Lipinski definition) is 5. The van der Waals surface area contributed by atoms with Gasteiger partial charge in [0.2, 0.25) is 0 Å². The van der Waals surface area contributed by atoms with E-state index in [2.05, 4.69) is 0 Å². The zero-order chi connectivity index (χ0) is 17.0. The lowest BCUT2D eigenvalue weighted by Gasteiger charge is -2.28. The highest BCUT2D eigenvalue weighted by Gasteiger charge is 2.33. The van der Waals surface area contributed by atoms with Gasteiger partial charge in [-0.15, -0.1) is 0 Å². The fourth-order valence-corrected chi connectivity index (χ4v) is 1.39. The number of ether oxygens (including phenoxy) is 2. The molecule has 0 rings (SSSR count). The summed E-state index contributed by atoms with van der Waals surface area (Å²) < 4.78 is 10.2. The zero-order valence-electron chi connectivity index (χ0n) is 13.7. The Morgan fingerprint density at radius 1 is 1.00 bits per heavy atom. The van der Waals surface area contributed by atoms with Crippen molar-refractivity contribution in [2.24, 2.45) is 0 Å². The van der Waals surface area contributed by atoms with E-state index in [0.717, 1.165) is 4.90 Å². The molecule has 0 fully saturated rings. The van der Waals surface area contributed by atoms with Crippen molar-refractivity contribution >= 4 is 18.0 Å². The van der Waals surface area contributed by atoms with E-state index in [1.165, 1.54) is 7.05 Å². The summed E-state index contributed by atoms with van der Waals surface area (Å²) in [4.78, 5) is 35.7. The van der Waals surface area contributed by atoms with Gasteiger partial charge < -0.3 is 14.6 Å². The Hall–Kier alpha value is -1.79. The smallest absolute Gasteiger partial charge is 0.410 e. The standard InChI is InChI=1S/C14H25NO6/c1-13(2,3)20-10(16)8-9(11(17)18)15(7)12(19)21-14(4,5)6/h9H,8H2,1-7H3,(H,17,18). The monoisotopic (exact) mass is 303 g/mol. The summed E-state index contributed by atoms with van der Waals surface area (Å²) in [6, 6.07) is -1.34. The van der Waals surface area contributed by atoms with Gasteiger partial charge in [0.05, 0.1) is 6.42 Å². The fourth-order valence-electron chi connectivity index (χ4n) is 1.39. The predicted octanol–water partition coefficient (Wildman–Crippen LogP) is 2.04. The molecule has 0 aliphatic heterocycles. The summed E-state index contributed by atoms with van der Waals surface area (Å²) in [5.41, 5.74) is -1.47. The number of esters is 1. The average molecular weight is 303 g/mol. The molecule has 0 spiro atoms. The Labute approximate surface area is 125 Å². The molecular weight excluding hydrogens is 278 g/mol. The number of rotatable bonds is 4. The minimum absolute atomic E-state index is 0.442. The number of carboxylic acids is 1. The fraction of sp³-hybridized carbons (Fsp3) is 0.786. The number of nitrogens with zero attached hydrogens (tertiary/aromatic N) is 1. The van der Waals surface area contributed by atoms with Gasteiger partial charge in [-0.3, -0.25) is 9.69 Å². The molecule has 0 aromatic rings. The van der Waals surface area contributed by atoms with Gasteiger partial charge in [0, 0.05) is 7.05 Å². The molecule has 0 aromatic carbocycles. The molecule has 0 aliphatic carbocycles. The number of amides is 1. The number of carboxylic acid groups (broad SMARTS) is 1. The quantitative estimate of drug-likeness (QED) is 0.799. The van der Waals surface area contributed by atoms with E-state index < -0.39 is 41.7 Å². The van der Waals surface area contributed by atoms with Gasteiger partial charge in [0.15, 0.2) is 0 Å². The second kappa shape index (κ2) is 6.78. The average Bonchev–Trinajstić information content (AvgIpc) is 2.19. The molecule has 7 nitrogen and oxygen atoms in total. The number of likely N-dealkylation sites (N-methyl/N-ethyl adjacent to an activating group) is 1. The van der Waals surface area contributed by atoms with E-state index in [1.807, 2.05) is 0 Å². The molecular formula is C14H25NO6. The summed E-state index contributed by atoms with van der Waals surface area (Å²) >= 11 is 0. The van der Waals surface area contributed by atoms with Crippen LogP contribution < -0.4 is 0 Å². The van der Waals surface area contributed by atoms with E-state index in [4.69, 9.17) is 9.47 Å². The maximum absolute atomic E-state index is 11.9. The maximum atomic E-state index is 11.9. The Balaban J connectivity index is 4.87. The molecule has 0 saturated heterocycles. The Bertz CT molecular complexity index is 405. The molecule has 1 atom stereocenters. The van der Waals surface area contributed by atoms with Crippen molar-refractivity contribution in [2.75, 3.05) is 7.05 Å². The molecule has 0 aromatic heterocycles. The number of carbonyl (C=O) groups excluding carboxylic acids is 2. The minimum atomic E-state index is -1.34. The number of hydrogen-bond donors (Lipinski definition) is 1. The summed E-state index contributed by atoms with van der Waals surface area (Å²) in [5, 5.41) is 9.18. The highest BCUT2D eigenvalue weighted by Crippen LogP contribution is 2.15. The molecule has 0 heterocycles. The first-order chi connectivity index (χ1) is 9.23. The lowest BCUT2D eigenvalue weighted by molar-refractivity contribution is -0.160. The van der Waals surface area contributed by atoms with Crippen LogP contribution in [0.15, 0.2) is 0 Å². The highest BCUT2D eigenvalue weighted by molar-refractivity contribution is 5.85. The van der Waals surface area contributed by atoms with Crippen LogP contribution in [0.1, 0.15) is 48.0 Å². The third-order valence-corrected chi connectivity index (χ3v) is 2.21. The van der Waals surface area contributed by atoms with Crippen LogP contribution >= 0.6 is 0 Å². The second-order valence-corrected chi connectivity index (χ2v) is 6.74. The lowest BCUT2D eigenvalue weighted by Crippen LogP contribution is -2.46. The SMILES string of the molecule is CN(C(=O)OC(C)(C)C)C(CC(=O)OC(C)(C)C)C(=O)O. The van der Waals surface area contributed by atoms with Crippen LogP contribution in [0.25, 0.3) is 0 Å². The summed E-state index contributed by atoms with van der Waals surface area (Å²) in [6.45, 7) is 10.0. The first kappa shape index (κ1) is 19.2. The van der Waals surface area contributed by atoms with Gasteiger partial charge in [0.25, 0.3) is 0 Å². The van der Waals surface area contributed by atoms with Crippen molar-refractivity contribution in [1.29, 1.82) is 0 Å². The molecule has 0 saturated carbocycles. The number of aliphatic carboxylic acids is 1. The molecule has 0 aliphatic rings. The van der Waals surface area contributed by atoms with Crippen molar-refractivity contribution in [3.63, 3.8) is 0 Å². The van der Waals surface area contributed by atoms with Gasteiger partial charge in [-0.25, -0.2) is 9.59 Å². The summed E-state index contributed by atoms with van der Waals surface area (Å²) in [7, 11) is 1.28. The lowest BCUT2D eigenvalue weighted by atomic mass is 10.1. The van der Waals surface area contributed by atoms with Gasteiger partial charge in [-0.2, -0.15) is 0 Å². The molecule has 0 bridgehead atoms. The van der Waals surface area contributed by atoms with Gasteiger partial charge in [-0.05, 0) is 41.5 Å². The zero-order valence-corrected chi connectivity index (χ0v) is 13.7. The summed E-state index contributed by atoms with van der Waals surface area (Å²) in [5.74, 6) is -1.99. The molecule has 7 heteroatoms. The predicted molar refractivity (Wildman–Crippen MR) is 75.9 cm³/mol. The first-order valence-electron chi connectivity index (χ1n) is 6.63. The van der Waals surface area contributed by atoms with E-state index in [9.17, 15) is 19.5 Å². The Kier molecular flexibility index (Phi) is 6.20. The topological polar surface area (TPSA) is 93.1 Å². The van der Waals surface area contributed by atoms with Gasteiger partial charge >= 0.3 is 18.0 Å². The van der Waals surface area contributed by atoms with Gasteiger partial charge in [-0.1, -0.05) is 0 Å². The second-order valence-electron chi connectivity index (χ2n) is 6.74. The van der Waals surface area contributed by atoms with Crippen molar-refractivity contribution in [3.8, 4) is 0 Å². The molecule has 1 unspecified atom stereocenters.